The van der Waals surface area contributed by atoms with Crippen molar-refractivity contribution in [2.75, 3.05) is 13.2 Å². The quantitative estimate of drug-likeness (QED) is 0.667. The third-order valence-corrected chi connectivity index (χ3v) is 3.98. The van der Waals surface area contributed by atoms with Gasteiger partial charge in [0.1, 0.15) is 13.2 Å². The molecule has 2 nitrogen and oxygen atoms in total. The van der Waals surface area contributed by atoms with Crippen LogP contribution in [0.3, 0.4) is 0 Å². The SMILES string of the molecule is OCC#CC1CCCCC1.OCC#CC1CCCCC1. The predicted molar refractivity (Wildman–Crippen MR) is 82.9 cm³/mol. The summed E-state index contributed by atoms with van der Waals surface area (Å²) < 4.78 is 0. The molecule has 0 atom stereocenters. The van der Waals surface area contributed by atoms with Gasteiger partial charge in [0.25, 0.3) is 0 Å². The molecule has 0 unspecified atom stereocenters. The third-order valence-electron chi connectivity index (χ3n) is 3.98. The fraction of sp³-hybridized carbons (Fsp3) is 0.778. The molecule has 2 fully saturated rings. The minimum absolute atomic E-state index is 0.0243. The molecule has 0 heterocycles. The molecular weight excluding hydrogens is 248 g/mol. The second-order valence-electron chi connectivity index (χ2n) is 5.63. The van der Waals surface area contributed by atoms with Crippen molar-refractivity contribution >= 4 is 0 Å². The molecule has 0 aromatic heterocycles. The smallest absolute Gasteiger partial charge is 0.104 e. The van der Waals surface area contributed by atoms with Crippen LogP contribution in [-0.2, 0) is 0 Å². The Bertz CT molecular complexity index is 305. The van der Waals surface area contributed by atoms with Gasteiger partial charge >= 0.3 is 0 Å². The molecular formula is C18H28O2. The Hall–Kier alpha value is -0.960. The molecule has 2 N–H and O–H groups in total. The Morgan fingerprint density at radius 1 is 0.600 bits per heavy atom. The molecule has 2 saturated carbocycles. The van der Waals surface area contributed by atoms with E-state index in [4.69, 9.17) is 10.2 Å². The van der Waals surface area contributed by atoms with Gasteiger partial charge < -0.3 is 10.2 Å². The Kier molecular flexibility index (Phi) is 10.1. The first-order valence-corrected chi connectivity index (χ1v) is 8.05. The zero-order valence-corrected chi connectivity index (χ0v) is 12.5. The molecule has 2 rings (SSSR count). The van der Waals surface area contributed by atoms with E-state index in [9.17, 15) is 0 Å². The summed E-state index contributed by atoms with van der Waals surface area (Å²) in [6.07, 6.45) is 13.0. The van der Waals surface area contributed by atoms with E-state index >= 15 is 0 Å². The molecule has 0 saturated heterocycles. The van der Waals surface area contributed by atoms with E-state index in [-0.39, 0.29) is 13.2 Å². The lowest BCUT2D eigenvalue weighted by molar-refractivity contribution is 0.349. The van der Waals surface area contributed by atoms with Gasteiger partial charge in [0.05, 0.1) is 0 Å². The van der Waals surface area contributed by atoms with E-state index in [2.05, 4.69) is 23.7 Å². The molecule has 2 aliphatic carbocycles. The lowest BCUT2D eigenvalue weighted by Crippen LogP contribution is -2.03. The van der Waals surface area contributed by atoms with Gasteiger partial charge in [0, 0.05) is 11.8 Å². The highest BCUT2D eigenvalue weighted by atomic mass is 16.3. The van der Waals surface area contributed by atoms with Crippen LogP contribution in [0.25, 0.3) is 0 Å². The zero-order chi connectivity index (χ0) is 14.5. The Labute approximate surface area is 124 Å². The molecule has 20 heavy (non-hydrogen) atoms. The maximum Gasteiger partial charge on any atom is 0.104 e. The van der Waals surface area contributed by atoms with Crippen molar-refractivity contribution < 1.29 is 10.2 Å². The van der Waals surface area contributed by atoms with Gasteiger partial charge in [-0.2, -0.15) is 0 Å². The van der Waals surface area contributed by atoms with Crippen LogP contribution < -0.4 is 0 Å². The van der Waals surface area contributed by atoms with Gasteiger partial charge in [-0.1, -0.05) is 62.2 Å². The van der Waals surface area contributed by atoms with Crippen molar-refractivity contribution in [2.24, 2.45) is 11.8 Å². The minimum atomic E-state index is 0.0243. The molecule has 112 valence electrons. The second-order valence-corrected chi connectivity index (χ2v) is 5.63. The normalized spacial score (nSPS) is 19.7. The molecule has 2 heteroatoms. The number of hydrogen-bond donors (Lipinski definition) is 2. The number of aliphatic hydroxyl groups is 2. The summed E-state index contributed by atoms with van der Waals surface area (Å²) in [5, 5.41) is 16.8. The summed E-state index contributed by atoms with van der Waals surface area (Å²) in [6.45, 7) is 0.0486. The Morgan fingerprint density at radius 3 is 1.25 bits per heavy atom. The van der Waals surface area contributed by atoms with Crippen LogP contribution in [0.4, 0.5) is 0 Å². The van der Waals surface area contributed by atoms with E-state index in [0.717, 1.165) is 0 Å². The highest BCUT2D eigenvalue weighted by Gasteiger charge is 2.10. The van der Waals surface area contributed by atoms with Gasteiger partial charge in [-0.15, -0.1) is 0 Å². The van der Waals surface area contributed by atoms with E-state index in [1.165, 1.54) is 64.2 Å². The Balaban J connectivity index is 0.000000200. The summed E-state index contributed by atoms with van der Waals surface area (Å²) in [7, 11) is 0. The summed E-state index contributed by atoms with van der Waals surface area (Å²) in [4.78, 5) is 0. The van der Waals surface area contributed by atoms with Gasteiger partial charge in [-0.3, -0.25) is 0 Å². The average molecular weight is 276 g/mol. The van der Waals surface area contributed by atoms with Gasteiger partial charge in [0.2, 0.25) is 0 Å². The predicted octanol–water partition coefficient (Wildman–Crippen LogP) is 3.12. The van der Waals surface area contributed by atoms with Crippen LogP contribution in [0.1, 0.15) is 64.2 Å². The van der Waals surface area contributed by atoms with Crippen molar-refractivity contribution in [3.05, 3.63) is 0 Å². The van der Waals surface area contributed by atoms with E-state index in [0.29, 0.717) is 11.8 Å². The van der Waals surface area contributed by atoms with Gasteiger partial charge in [-0.25, -0.2) is 0 Å². The van der Waals surface area contributed by atoms with E-state index in [1.54, 1.807) is 0 Å². The fourth-order valence-electron chi connectivity index (χ4n) is 2.87. The van der Waals surface area contributed by atoms with Crippen molar-refractivity contribution in [3.8, 4) is 23.7 Å². The van der Waals surface area contributed by atoms with Crippen LogP contribution in [0.2, 0.25) is 0 Å². The number of hydrogen-bond acceptors (Lipinski definition) is 2. The highest BCUT2D eigenvalue weighted by Crippen LogP contribution is 2.23. The van der Waals surface area contributed by atoms with Crippen molar-refractivity contribution in [1.82, 2.24) is 0 Å². The van der Waals surface area contributed by atoms with Crippen LogP contribution in [0, 0.1) is 35.5 Å². The van der Waals surface area contributed by atoms with Crippen molar-refractivity contribution in [1.29, 1.82) is 0 Å². The lowest BCUT2D eigenvalue weighted by Gasteiger charge is -2.15. The first kappa shape index (κ1) is 17.1. The third kappa shape index (κ3) is 8.26. The average Bonchev–Trinajstić information content (AvgIpc) is 2.53. The van der Waals surface area contributed by atoms with Gasteiger partial charge in [0.15, 0.2) is 0 Å². The molecule has 0 aromatic carbocycles. The van der Waals surface area contributed by atoms with Crippen molar-refractivity contribution in [3.63, 3.8) is 0 Å². The fourth-order valence-corrected chi connectivity index (χ4v) is 2.87. The standard InChI is InChI=1S/2C9H14O/c2*10-8-4-7-9-5-2-1-3-6-9/h2*9-10H,1-3,5-6,8H2. The summed E-state index contributed by atoms with van der Waals surface area (Å²) in [5.41, 5.74) is 0. The molecule has 2 aliphatic rings. The molecule has 0 aliphatic heterocycles. The van der Waals surface area contributed by atoms with E-state index in [1.807, 2.05) is 0 Å². The Morgan fingerprint density at radius 2 is 0.950 bits per heavy atom. The van der Waals surface area contributed by atoms with Crippen LogP contribution in [0.15, 0.2) is 0 Å². The first-order valence-electron chi connectivity index (χ1n) is 8.05. The molecule has 0 bridgehead atoms. The first-order chi connectivity index (χ1) is 9.86. The summed E-state index contributed by atoms with van der Waals surface area (Å²) in [6, 6.07) is 0. The van der Waals surface area contributed by atoms with Crippen LogP contribution >= 0.6 is 0 Å². The zero-order valence-electron chi connectivity index (χ0n) is 12.5. The molecule has 0 aromatic rings. The largest absolute Gasteiger partial charge is 0.384 e. The van der Waals surface area contributed by atoms with Gasteiger partial charge in [-0.05, 0) is 25.7 Å². The highest BCUT2D eigenvalue weighted by molar-refractivity contribution is 5.04. The van der Waals surface area contributed by atoms with Crippen molar-refractivity contribution in [2.45, 2.75) is 64.2 Å². The van der Waals surface area contributed by atoms with Crippen LogP contribution in [0.5, 0.6) is 0 Å². The van der Waals surface area contributed by atoms with Crippen LogP contribution in [-0.4, -0.2) is 23.4 Å². The summed E-state index contributed by atoms with van der Waals surface area (Å²) in [5.74, 6) is 12.8. The number of rotatable bonds is 0. The molecule has 0 radical (unpaired) electrons. The summed E-state index contributed by atoms with van der Waals surface area (Å²) >= 11 is 0. The maximum atomic E-state index is 8.42. The van der Waals surface area contributed by atoms with E-state index < -0.39 is 0 Å². The molecule has 0 spiro atoms. The number of aliphatic hydroxyl groups excluding tert-OH is 2. The molecule has 0 amide bonds. The topological polar surface area (TPSA) is 40.5 Å². The second kappa shape index (κ2) is 11.8. The monoisotopic (exact) mass is 276 g/mol. The lowest BCUT2D eigenvalue weighted by atomic mass is 9.90. The maximum absolute atomic E-state index is 8.42. The minimum Gasteiger partial charge on any atom is -0.384 e.